The number of amides is 2. The van der Waals surface area contributed by atoms with Crippen molar-refractivity contribution in [3.8, 4) is 0 Å². The van der Waals surface area contributed by atoms with Gasteiger partial charge in [-0.1, -0.05) is 32.9 Å². The predicted molar refractivity (Wildman–Crippen MR) is 159 cm³/mol. The van der Waals surface area contributed by atoms with Crippen LogP contribution in [-0.4, -0.2) is 98.7 Å². The van der Waals surface area contributed by atoms with Crippen LogP contribution in [0.5, 0.6) is 0 Å². The van der Waals surface area contributed by atoms with Gasteiger partial charge in [-0.05, 0) is 43.4 Å². The number of hydrogen-bond acceptors (Lipinski definition) is 9. The van der Waals surface area contributed by atoms with Gasteiger partial charge in [0.25, 0.3) is 0 Å². The number of aromatic nitrogens is 4. The van der Waals surface area contributed by atoms with Crippen LogP contribution in [-0.2, 0) is 10.2 Å². The molecule has 0 radical (unpaired) electrons. The van der Waals surface area contributed by atoms with Crippen LogP contribution in [0.25, 0.3) is 11.2 Å². The van der Waals surface area contributed by atoms with E-state index in [1.165, 1.54) is 11.9 Å². The highest BCUT2D eigenvalue weighted by Gasteiger charge is 2.45. The number of carbonyl (C=O) groups excluding carboxylic acids is 1. The van der Waals surface area contributed by atoms with Gasteiger partial charge in [0.15, 0.2) is 23.2 Å². The SMILES string of the molecule is CC(C)N(CCCNC(=O)Nc1ccc(C(C)(C)C)cc1)C[C@H]1OC(n2cnc3c(N(C)C)ncnc32)[C@H](O)[C@@H]1O. The summed E-state index contributed by atoms with van der Waals surface area (Å²) in [5.41, 5.74) is 3.12. The third-order valence-electron chi connectivity index (χ3n) is 7.44. The lowest BCUT2D eigenvalue weighted by Gasteiger charge is -2.30. The Kier molecular flexibility index (Phi) is 9.48. The zero-order valence-corrected chi connectivity index (χ0v) is 25.1. The molecular formula is C29H44N8O4. The lowest BCUT2D eigenvalue weighted by Crippen LogP contribution is -2.44. The largest absolute Gasteiger partial charge is 0.387 e. The molecule has 3 aromatic rings. The highest BCUT2D eigenvalue weighted by Crippen LogP contribution is 2.33. The summed E-state index contributed by atoms with van der Waals surface area (Å²) in [6, 6.07) is 7.80. The molecule has 0 saturated carbocycles. The maximum Gasteiger partial charge on any atom is 0.319 e. The molecule has 12 nitrogen and oxygen atoms in total. The van der Waals surface area contributed by atoms with E-state index in [2.05, 4.69) is 65.1 Å². The zero-order chi connectivity index (χ0) is 29.9. The number of rotatable bonds is 10. The number of urea groups is 1. The fourth-order valence-electron chi connectivity index (χ4n) is 4.97. The number of aliphatic hydroxyl groups is 2. The van der Waals surface area contributed by atoms with Crippen molar-refractivity contribution in [1.29, 1.82) is 0 Å². The van der Waals surface area contributed by atoms with Gasteiger partial charge in [0.05, 0.1) is 6.33 Å². The smallest absolute Gasteiger partial charge is 0.319 e. The first-order chi connectivity index (χ1) is 19.4. The standard InChI is InChI=1S/C29H44N8O4/c1-18(2)36(14-8-13-30-28(40)34-20-11-9-19(10-12-20)29(3,4)5)15-21-23(38)24(39)27(41-21)37-17-33-22-25(35(6)7)31-16-32-26(22)37/h9-12,16-18,21,23-24,27,38-39H,8,13-15H2,1-7H3,(H2,30,34,40)/t21-,23-,24-,27?/m1/s1. The Morgan fingerprint density at radius 2 is 1.80 bits per heavy atom. The molecule has 3 heterocycles. The Labute approximate surface area is 241 Å². The number of carbonyl (C=O) groups is 1. The van der Waals surface area contributed by atoms with Crippen molar-refractivity contribution < 1.29 is 19.7 Å². The molecule has 1 fully saturated rings. The molecule has 2 aromatic heterocycles. The lowest BCUT2D eigenvalue weighted by atomic mass is 9.87. The Morgan fingerprint density at radius 1 is 1.10 bits per heavy atom. The van der Waals surface area contributed by atoms with E-state index in [4.69, 9.17) is 4.74 Å². The lowest BCUT2D eigenvalue weighted by molar-refractivity contribution is -0.0468. The summed E-state index contributed by atoms with van der Waals surface area (Å²) in [5.74, 6) is 0.657. The van der Waals surface area contributed by atoms with Gasteiger partial charge in [-0.2, -0.15) is 0 Å². The van der Waals surface area contributed by atoms with Gasteiger partial charge in [0, 0.05) is 45.5 Å². The van der Waals surface area contributed by atoms with E-state index in [9.17, 15) is 15.0 Å². The minimum atomic E-state index is -1.15. The van der Waals surface area contributed by atoms with Crippen molar-refractivity contribution in [2.45, 2.75) is 77.0 Å². The molecule has 224 valence electrons. The highest BCUT2D eigenvalue weighted by atomic mass is 16.6. The van der Waals surface area contributed by atoms with E-state index in [-0.39, 0.29) is 17.5 Å². The first kappa shape index (κ1) is 30.6. The second-order valence-electron chi connectivity index (χ2n) is 12.1. The number of imidazole rings is 1. The Balaban J connectivity index is 1.30. The summed E-state index contributed by atoms with van der Waals surface area (Å²) in [6.07, 6.45) is 0.0431. The summed E-state index contributed by atoms with van der Waals surface area (Å²) in [5, 5.41) is 27.6. The highest BCUT2D eigenvalue weighted by molar-refractivity contribution is 5.89. The van der Waals surface area contributed by atoms with Gasteiger partial charge in [0.1, 0.15) is 24.6 Å². The summed E-state index contributed by atoms with van der Waals surface area (Å²) < 4.78 is 7.84. The Hall–Kier alpha value is -3.32. The zero-order valence-electron chi connectivity index (χ0n) is 25.1. The van der Waals surface area contributed by atoms with E-state index < -0.39 is 24.5 Å². The van der Waals surface area contributed by atoms with Crippen LogP contribution in [0, 0.1) is 0 Å². The van der Waals surface area contributed by atoms with Gasteiger partial charge in [-0.15, -0.1) is 0 Å². The molecule has 2 amide bonds. The molecule has 1 saturated heterocycles. The molecule has 1 unspecified atom stereocenters. The first-order valence-corrected chi connectivity index (χ1v) is 14.1. The molecule has 12 heteroatoms. The molecule has 1 aromatic carbocycles. The molecular weight excluding hydrogens is 524 g/mol. The number of nitrogens with one attached hydrogen (secondary N) is 2. The van der Waals surface area contributed by atoms with Crippen molar-refractivity contribution in [3.63, 3.8) is 0 Å². The average molecular weight is 569 g/mol. The number of anilines is 2. The Morgan fingerprint density at radius 3 is 2.44 bits per heavy atom. The van der Waals surface area contributed by atoms with Crippen LogP contribution in [0.3, 0.4) is 0 Å². The van der Waals surface area contributed by atoms with E-state index in [0.717, 1.165) is 5.69 Å². The molecule has 1 aliphatic heterocycles. The minimum Gasteiger partial charge on any atom is -0.387 e. The number of fused-ring (bicyclic) bond motifs is 1. The maximum absolute atomic E-state index is 12.4. The van der Waals surface area contributed by atoms with E-state index >= 15 is 0 Å². The monoisotopic (exact) mass is 568 g/mol. The summed E-state index contributed by atoms with van der Waals surface area (Å²) in [4.78, 5) is 29.5. The fourth-order valence-corrected chi connectivity index (χ4v) is 4.97. The van der Waals surface area contributed by atoms with Gasteiger partial charge in [-0.25, -0.2) is 19.7 Å². The van der Waals surface area contributed by atoms with Crippen molar-refractivity contribution in [3.05, 3.63) is 42.5 Å². The molecule has 4 N–H and O–H groups in total. The molecule has 0 aliphatic carbocycles. The van der Waals surface area contributed by atoms with Crippen molar-refractivity contribution in [2.75, 3.05) is 43.9 Å². The van der Waals surface area contributed by atoms with Gasteiger partial charge in [0.2, 0.25) is 0 Å². The van der Waals surface area contributed by atoms with Crippen LogP contribution in [0.1, 0.15) is 52.8 Å². The van der Waals surface area contributed by atoms with E-state index in [0.29, 0.717) is 43.0 Å². The first-order valence-electron chi connectivity index (χ1n) is 14.1. The van der Waals surface area contributed by atoms with Crippen molar-refractivity contribution in [2.24, 2.45) is 0 Å². The normalized spacial score (nSPS) is 21.1. The summed E-state index contributed by atoms with van der Waals surface area (Å²) >= 11 is 0. The molecule has 0 bridgehead atoms. The van der Waals surface area contributed by atoms with Crippen LogP contribution in [0.15, 0.2) is 36.9 Å². The van der Waals surface area contributed by atoms with Gasteiger partial charge >= 0.3 is 6.03 Å². The number of aliphatic hydroxyl groups excluding tert-OH is 2. The van der Waals surface area contributed by atoms with E-state index in [1.807, 2.05) is 43.3 Å². The third kappa shape index (κ3) is 7.13. The summed E-state index contributed by atoms with van der Waals surface area (Å²) in [7, 11) is 3.74. The number of benzene rings is 1. The minimum absolute atomic E-state index is 0.0560. The quantitative estimate of drug-likeness (QED) is 0.272. The number of ether oxygens (including phenoxy) is 1. The van der Waals surface area contributed by atoms with Crippen LogP contribution in [0.2, 0.25) is 0 Å². The van der Waals surface area contributed by atoms with Crippen molar-refractivity contribution in [1.82, 2.24) is 29.7 Å². The van der Waals surface area contributed by atoms with Gasteiger partial charge in [-0.3, -0.25) is 9.47 Å². The van der Waals surface area contributed by atoms with E-state index in [1.54, 1.807) is 10.9 Å². The predicted octanol–water partition coefficient (Wildman–Crippen LogP) is 2.73. The summed E-state index contributed by atoms with van der Waals surface area (Å²) in [6.45, 7) is 12.2. The molecule has 1 aliphatic rings. The second kappa shape index (κ2) is 12.7. The molecule has 4 rings (SSSR count). The van der Waals surface area contributed by atoms with Crippen LogP contribution >= 0.6 is 0 Å². The third-order valence-corrected chi connectivity index (χ3v) is 7.44. The van der Waals surface area contributed by atoms with Gasteiger partial charge < -0.3 is 30.5 Å². The topological polar surface area (TPSA) is 141 Å². The molecule has 41 heavy (non-hydrogen) atoms. The van der Waals surface area contributed by atoms with Crippen molar-refractivity contribution >= 4 is 28.7 Å². The molecule has 0 spiro atoms. The maximum atomic E-state index is 12.4. The Bertz CT molecular complexity index is 1300. The fraction of sp³-hybridized carbons (Fsp3) is 0.586. The number of hydrogen-bond donors (Lipinski definition) is 4. The average Bonchev–Trinajstić information content (AvgIpc) is 3.46. The second-order valence-corrected chi connectivity index (χ2v) is 12.1. The number of nitrogens with zero attached hydrogens (tertiary/aromatic N) is 6. The molecule has 4 atom stereocenters. The van der Waals surface area contributed by atoms with Crippen LogP contribution in [0.4, 0.5) is 16.3 Å². The van der Waals surface area contributed by atoms with Crippen LogP contribution < -0.4 is 15.5 Å².